The van der Waals surface area contributed by atoms with Crippen LogP contribution in [0.25, 0.3) is 17.0 Å². The molecule has 0 saturated carbocycles. The molecule has 1 amide bonds. The molecule has 0 aliphatic carbocycles. The van der Waals surface area contributed by atoms with Crippen LogP contribution in [0.1, 0.15) is 32.6 Å². The van der Waals surface area contributed by atoms with Crippen LogP contribution in [0.3, 0.4) is 0 Å². The first-order valence-corrected chi connectivity index (χ1v) is 12.3. The van der Waals surface area contributed by atoms with Gasteiger partial charge in [0.2, 0.25) is 0 Å². The largest absolute Gasteiger partial charge is 0.465 e. The number of piperidine rings is 1. The Morgan fingerprint density at radius 3 is 2.95 bits per heavy atom. The Hall–Kier alpha value is -4.35. The van der Waals surface area contributed by atoms with Crippen molar-refractivity contribution in [2.75, 3.05) is 29.9 Å². The number of amides is 1. The van der Waals surface area contributed by atoms with Gasteiger partial charge in [0.05, 0.1) is 23.6 Å². The molecule has 4 aromatic heterocycles. The molecule has 1 unspecified atom stereocenters. The van der Waals surface area contributed by atoms with Crippen molar-refractivity contribution < 1.29 is 14.3 Å². The highest BCUT2D eigenvalue weighted by Crippen LogP contribution is 2.31. The number of anilines is 3. The van der Waals surface area contributed by atoms with Crippen molar-refractivity contribution in [1.29, 1.82) is 0 Å². The van der Waals surface area contributed by atoms with E-state index in [0.717, 1.165) is 37.9 Å². The first kappa shape index (κ1) is 24.3. The van der Waals surface area contributed by atoms with E-state index in [-0.39, 0.29) is 11.7 Å². The van der Waals surface area contributed by atoms with Gasteiger partial charge >= 0.3 is 6.09 Å². The number of carbonyl (C=O) groups is 1. The molecule has 2 N–H and O–H groups in total. The highest BCUT2D eigenvalue weighted by atomic mass is 19.1. The van der Waals surface area contributed by atoms with Gasteiger partial charge in [0.15, 0.2) is 11.5 Å². The maximum absolute atomic E-state index is 14.3. The van der Waals surface area contributed by atoms with Gasteiger partial charge in [0.25, 0.3) is 5.95 Å². The summed E-state index contributed by atoms with van der Waals surface area (Å²) in [6, 6.07) is 8.01. The van der Waals surface area contributed by atoms with Crippen LogP contribution in [-0.2, 0) is 0 Å². The average molecular weight is 506 g/mol. The van der Waals surface area contributed by atoms with Gasteiger partial charge in [0.1, 0.15) is 11.4 Å². The number of halogens is 1. The predicted molar refractivity (Wildman–Crippen MR) is 136 cm³/mol. The number of rotatable bonds is 8. The molecule has 37 heavy (non-hydrogen) atoms. The first-order valence-electron chi connectivity index (χ1n) is 12.3. The van der Waals surface area contributed by atoms with Crippen LogP contribution in [0.5, 0.6) is 0 Å². The molecule has 5 heterocycles. The summed E-state index contributed by atoms with van der Waals surface area (Å²) in [5.41, 5.74) is 2.53. The number of fused-ring (bicyclic) bond motifs is 1. The van der Waals surface area contributed by atoms with E-state index in [0.29, 0.717) is 36.1 Å². The lowest BCUT2D eigenvalue weighted by molar-refractivity contribution is 0.117. The molecular weight excluding hydrogens is 477 g/mol. The highest BCUT2D eigenvalue weighted by Gasteiger charge is 2.29. The van der Waals surface area contributed by atoms with Gasteiger partial charge in [-0.1, -0.05) is 13.3 Å². The van der Waals surface area contributed by atoms with Gasteiger partial charge in [-0.15, -0.1) is 10.2 Å². The lowest BCUT2D eigenvalue weighted by atomic mass is 10.0. The second kappa shape index (κ2) is 10.7. The summed E-state index contributed by atoms with van der Waals surface area (Å²) in [4.78, 5) is 24.0. The van der Waals surface area contributed by atoms with E-state index in [1.54, 1.807) is 29.4 Å². The van der Waals surface area contributed by atoms with Gasteiger partial charge in [-0.3, -0.25) is 9.97 Å². The van der Waals surface area contributed by atoms with Crippen molar-refractivity contribution in [2.45, 2.75) is 38.6 Å². The summed E-state index contributed by atoms with van der Waals surface area (Å²) in [5.74, 6) is -0.133. The van der Waals surface area contributed by atoms with Crippen LogP contribution in [0.15, 0.2) is 48.9 Å². The molecule has 0 spiro atoms. The lowest BCUT2D eigenvalue weighted by Crippen LogP contribution is -2.50. The van der Waals surface area contributed by atoms with Crippen LogP contribution in [0.2, 0.25) is 0 Å². The van der Waals surface area contributed by atoms with E-state index in [1.807, 2.05) is 6.07 Å². The second-order valence-electron chi connectivity index (χ2n) is 8.94. The molecule has 192 valence electrons. The highest BCUT2D eigenvalue weighted by molar-refractivity contribution is 5.73. The topological polar surface area (TPSA) is 125 Å². The van der Waals surface area contributed by atoms with Crippen LogP contribution < -0.4 is 10.2 Å². The molecule has 1 aliphatic heterocycles. The van der Waals surface area contributed by atoms with E-state index in [4.69, 9.17) is 0 Å². The number of unbranched alkanes of at least 4 members (excludes halogenated alkanes) is 1. The summed E-state index contributed by atoms with van der Waals surface area (Å²) in [5, 5.41) is 26.0. The molecule has 4 aromatic rings. The van der Waals surface area contributed by atoms with Crippen molar-refractivity contribution in [3.05, 3.63) is 54.7 Å². The monoisotopic (exact) mass is 505 g/mol. The number of aromatic nitrogens is 6. The number of carboxylic acid groups (broad SMARTS) is 1. The van der Waals surface area contributed by atoms with Crippen molar-refractivity contribution in [1.82, 2.24) is 34.7 Å². The van der Waals surface area contributed by atoms with Gasteiger partial charge < -0.3 is 20.2 Å². The zero-order chi connectivity index (χ0) is 25.8. The maximum atomic E-state index is 14.3. The fourth-order valence-corrected chi connectivity index (χ4v) is 4.64. The number of hydrogen-bond donors (Lipinski definition) is 2. The van der Waals surface area contributed by atoms with E-state index in [1.165, 1.54) is 22.8 Å². The Balaban J connectivity index is 1.42. The lowest BCUT2D eigenvalue weighted by Gasteiger charge is -2.39. The summed E-state index contributed by atoms with van der Waals surface area (Å²) < 4.78 is 15.8. The Kier molecular flexibility index (Phi) is 7.06. The van der Waals surface area contributed by atoms with E-state index < -0.39 is 11.9 Å². The standard InChI is InChI=1S/C25H28FN9O2/c1-2-3-14-34(25(36)37)17-6-5-13-33(16-17)21-10-12-27-15-20(21)29-24-31-30-22-9-8-19(32-35(22)24)23-18(26)7-4-11-28-23/h4,7-12,15,17H,2-3,5-6,13-14,16H2,1H3,(H,29,31)(H,36,37). The molecule has 5 rings (SSSR count). The second-order valence-corrected chi connectivity index (χ2v) is 8.94. The SMILES string of the molecule is CCCCN(C(=O)O)C1CCCN(c2ccncc2Nc2nnc3ccc(-c4ncccc4F)nn23)C1. The molecule has 0 bridgehead atoms. The molecule has 1 saturated heterocycles. The summed E-state index contributed by atoms with van der Waals surface area (Å²) in [6.45, 7) is 3.96. The zero-order valence-corrected chi connectivity index (χ0v) is 20.5. The van der Waals surface area contributed by atoms with E-state index >= 15 is 0 Å². The van der Waals surface area contributed by atoms with Gasteiger partial charge in [-0.05, 0) is 49.6 Å². The summed E-state index contributed by atoms with van der Waals surface area (Å²) in [6.07, 6.45) is 7.50. The Bertz CT molecular complexity index is 1400. The molecule has 1 atom stereocenters. The minimum atomic E-state index is -0.880. The Labute approximate surface area is 213 Å². The van der Waals surface area contributed by atoms with Crippen LogP contribution in [0.4, 0.5) is 26.5 Å². The third kappa shape index (κ3) is 5.13. The minimum Gasteiger partial charge on any atom is -0.465 e. The fourth-order valence-electron chi connectivity index (χ4n) is 4.64. The van der Waals surface area contributed by atoms with Crippen molar-refractivity contribution >= 4 is 29.1 Å². The fraction of sp³-hybridized carbons (Fsp3) is 0.360. The molecule has 12 heteroatoms. The summed E-state index contributed by atoms with van der Waals surface area (Å²) >= 11 is 0. The zero-order valence-electron chi connectivity index (χ0n) is 20.5. The number of nitrogens with zero attached hydrogens (tertiary/aromatic N) is 8. The Morgan fingerprint density at radius 1 is 1.24 bits per heavy atom. The van der Waals surface area contributed by atoms with Crippen molar-refractivity contribution in [2.24, 2.45) is 0 Å². The summed E-state index contributed by atoms with van der Waals surface area (Å²) in [7, 11) is 0. The maximum Gasteiger partial charge on any atom is 0.407 e. The average Bonchev–Trinajstić information content (AvgIpc) is 3.31. The van der Waals surface area contributed by atoms with Crippen LogP contribution in [0, 0.1) is 5.82 Å². The molecule has 1 aliphatic rings. The molecule has 1 fully saturated rings. The predicted octanol–water partition coefficient (Wildman–Crippen LogP) is 4.21. The minimum absolute atomic E-state index is 0.0924. The molecular formula is C25H28FN9O2. The van der Waals surface area contributed by atoms with Crippen molar-refractivity contribution in [3.63, 3.8) is 0 Å². The number of nitrogens with one attached hydrogen (secondary N) is 1. The normalized spacial score (nSPS) is 15.6. The third-order valence-electron chi connectivity index (χ3n) is 6.48. The van der Waals surface area contributed by atoms with Crippen LogP contribution in [-0.4, -0.2) is 71.6 Å². The Morgan fingerprint density at radius 2 is 2.14 bits per heavy atom. The quantitative estimate of drug-likeness (QED) is 0.362. The number of hydrogen-bond acceptors (Lipinski definition) is 8. The van der Waals surface area contributed by atoms with Crippen LogP contribution >= 0.6 is 0 Å². The first-order chi connectivity index (χ1) is 18.0. The smallest absolute Gasteiger partial charge is 0.407 e. The molecule has 11 nitrogen and oxygen atoms in total. The third-order valence-corrected chi connectivity index (χ3v) is 6.48. The molecule has 0 radical (unpaired) electrons. The van der Waals surface area contributed by atoms with Crippen molar-refractivity contribution in [3.8, 4) is 11.4 Å². The van der Waals surface area contributed by atoms with E-state index in [2.05, 4.69) is 42.4 Å². The van der Waals surface area contributed by atoms with Gasteiger partial charge in [-0.2, -0.15) is 9.61 Å². The van der Waals surface area contributed by atoms with Gasteiger partial charge in [-0.25, -0.2) is 9.18 Å². The number of pyridine rings is 2. The van der Waals surface area contributed by atoms with E-state index in [9.17, 15) is 14.3 Å². The van der Waals surface area contributed by atoms with Gasteiger partial charge in [0, 0.05) is 32.0 Å². The molecule has 0 aromatic carbocycles.